The van der Waals surface area contributed by atoms with Crippen molar-refractivity contribution in [1.82, 2.24) is 9.97 Å². The summed E-state index contributed by atoms with van der Waals surface area (Å²) in [7, 11) is 0. The van der Waals surface area contributed by atoms with Crippen LogP contribution in [0, 0.1) is 12.8 Å². The van der Waals surface area contributed by atoms with E-state index in [1.807, 2.05) is 19.3 Å². The molecule has 0 amide bonds. The van der Waals surface area contributed by atoms with Gasteiger partial charge >= 0.3 is 0 Å². The molecule has 1 saturated carbocycles. The number of aryl methyl sites for hydroxylation is 1. The maximum Gasteiger partial charge on any atom is 0.225 e. The molecule has 2 heterocycles. The zero-order valence-electron chi connectivity index (χ0n) is 13.0. The summed E-state index contributed by atoms with van der Waals surface area (Å²) in [6, 6.07) is 0. The molecule has 0 unspecified atom stereocenters. The number of aromatic nitrogens is 2. The van der Waals surface area contributed by atoms with Gasteiger partial charge in [0, 0.05) is 31.5 Å². The van der Waals surface area contributed by atoms with Crippen molar-refractivity contribution in [3.05, 3.63) is 18.0 Å². The van der Waals surface area contributed by atoms with Crippen LogP contribution < -0.4 is 4.90 Å². The van der Waals surface area contributed by atoms with E-state index in [0.717, 1.165) is 50.8 Å². The minimum absolute atomic E-state index is 0.0678. The average molecular weight is 291 g/mol. The normalized spacial score (nSPS) is 29.2. The van der Waals surface area contributed by atoms with Crippen molar-refractivity contribution in [2.24, 2.45) is 5.92 Å². The van der Waals surface area contributed by atoms with Crippen LogP contribution in [-0.2, 0) is 9.47 Å². The fourth-order valence-corrected chi connectivity index (χ4v) is 3.54. The molecule has 1 aromatic heterocycles. The average Bonchev–Trinajstić information content (AvgIpc) is 2.88. The molecular formula is C16H25N3O2. The van der Waals surface area contributed by atoms with E-state index in [9.17, 15) is 0 Å². The molecule has 1 aromatic rings. The Balaban J connectivity index is 1.73. The van der Waals surface area contributed by atoms with Crippen molar-refractivity contribution in [2.45, 2.75) is 38.7 Å². The van der Waals surface area contributed by atoms with Crippen LogP contribution in [0.1, 0.15) is 31.7 Å². The molecule has 0 radical (unpaired) electrons. The highest BCUT2D eigenvalue weighted by atomic mass is 16.5. The third-order valence-corrected chi connectivity index (χ3v) is 4.68. The minimum atomic E-state index is -0.0678. The summed E-state index contributed by atoms with van der Waals surface area (Å²) in [6.45, 7) is 8.14. The van der Waals surface area contributed by atoms with E-state index in [1.165, 1.54) is 12.8 Å². The van der Waals surface area contributed by atoms with Crippen molar-refractivity contribution in [3.63, 3.8) is 0 Å². The first-order valence-corrected chi connectivity index (χ1v) is 7.99. The Morgan fingerprint density at radius 2 is 2.24 bits per heavy atom. The van der Waals surface area contributed by atoms with Crippen LogP contribution in [0.4, 0.5) is 5.95 Å². The zero-order valence-corrected chi connectivity index (χ0v) is 13.0. The van der Waals surface area contributed by atoms with Crippen LogP contribution in [-0.4, -0.2) is 48.5 Å². The topological polar surface area (TPSA) is 47.5 Å². The standard InChI is InChI=1S/C16H25N3O2/c1-3-20-11-14-5-4-6-16(14)12-19(7-8-21-16)15-17-9-13(2)10-18-15/h9-10,14H,3-8,11-12H2,1-2H3/t14-,16+/m1/s1. The highest BCUT2D eigenvalue weighted by molar-refractivity contribution is 5.32. The summed E-state index contributed by atoms with van der Waals surface area (Å²) in [5.74, 6) is 1.32. The predicted molar refractivity (Wildman–Crippen MR) is 81.5 cm³/mol. The number of hydrogen-bond donors (Lipinski definition) is 0. The maximum atomic E-state index is 6.23. The van der Waals surface area contributed by atoms with Gasteiger partial charge in [0.2, 0.25) is 5.95 Å². The van der Waals surface area contributed by atoms with Gasteiger partial charge in [-0.15, -0.1) is 0 Å². The zero-order chi connectivity index (χ0) is 14.7. The van der Waals surface area contributed by atoms with E-state index in [2.05, 4.69) is 21.8 Å². The SMILES string of the molecule is CCOC[C@H]1CCC[C@]12CN(c1ncc(C)cn1)CCO2. The Bertz CT molecular complexity index is 465. The molecule has 0 aromatic carbocycles. The Hall–Kier alpha value is -1.20. The number of anilines is 1. The van der Waals surface area contributed by atoms with Crippen molar-refractivity contribution >= 4 is 5.95 Å². The molecule has 1 saturated heterocycles. The highest BCUT2D eigenvalue weighted by Crippen LogP contribution is 2.41. The molecule has 1 aliphatic carbocycles. The summed E-state index contributed by atoms with van der Waals surface area (Å²) in [5, 5.41) is 0. The third kappa shape index (κ3) is 3.04. The van der Waals surface area contributed by atoms with Gasteiger partial charge in [-0.3, -0.25) is 0 Å². The first-order valence-electron chi connectivity index (χ1n) is 7.99. The lowest BCUT2D eigenvalue weighted by molar-refractivity contribution is -0.0983. The van der Waals surface area contributed by atoms with E-state index in [4.69, 9.17) is 9.47 Å². The minimum Gasteiger partial charge on any atom is -0.381 e. The largest absolute Gasteiger partial charge is 0.381 e. The third-order valence-electron chi connectivity index (χ3n) is 4.68. The Kier molecular flexibility index (Phi) is 4.40. The lowest BCUT2D eigenvalue weighted by Crippen LogP contribution is -2.55. The summed E-state index contributed by atoms with van der Waals surface area (Å²) in [5.41, 5.74) is 1.03. The van der Waals surface area contributed by atoms with E-state index in [-0.39, 0.29) is 5.60 Å². The van der Waals surface area contributed by atoms with Gasteiger partial charge in [0.05, 0.1) is 25.4 Å². The van der Waals surface area contributed by atoms with Crippen LogP contribution in [0.5, 0.6) is 0 Å². The van der Waals surface area contributed by atoms with Gasteiger partial charge in [-0.1, -0.05) is 6.42 Å². The van der Waals surface area contributed by atoms with Gasteiger partial charge in [-0.05, 0) is 32.3 Å². The highest BCUT2D eigenvalue weighted by Gasteiger charge is 2.47. The van der Waals surface area contributed by atoms with Crippen LogP contribution in [0.25, 0.3) is 0 Å². The van der Waals surface area contributed by atoms with Gasteiger partial charge in [-0.2, -0.15) is 0 Å². The smallest absolute Gasteiger partial charge is 0.225 e. The monoisotopic (exact) mass is 291 g/mol. The van der Waals surface area contributed by atoms with E-state index >= 15 is 0 Å². The molecule has 116 valence electrons. The fourth-order valence-electron chi connectivity index (χ4n) is 3.54. The predicted octanol–water partition coefficient (Wildman–Crippen LogP) is 2.20. The summed E-state index contributed by atoms with van der Waals surface area (Å²) in [4.78, 5) is 11.2. The van der Waals surface area contributed by atoms with Crippen molar-refractivity contribution in [1.29, 1.82) is 0 Å². The van der Waals surface area contributed by atoms with Gasteiger partial charge in [0.15, 0.2) is 0 Å². The molecule has 3 rings (SSSR count). The summed E-state index contributed by atoms with van der Waals surface area (Å²) >= 11 is 0. The van der Waals surface area contributed by atoms with Crippen LogP contribution in [0.15, 0.2) is 12.4 Å². The number of nitrogens with zero attached hydrogens (tertiary/aromatic N) is 3. The molecule has 0 bridgehead atoms. The van der Waals surface area contributed by atoms with Gasteiger partial charge < -0.3 is 14.4 Å². The second-order valence-electron chi connectivity index (χ2n) is 6.14. The number of rotatable bonds is 4. The van der Waals surface area contributed by atoms with Crippen LogP contribution in [0.2, 0.25) is 0 Å². The lowest BCUT2D eigenvalue weighted by atomic mass is 9.89. The molecule has 2 fully saturated rings. The molecule has 1 aliphatic heterocycles. The number of hydrogen-bond acceptors (Lipinski definition) is 5. The molecule has 5 heteroatoms. The summed E-state index contributed by atoms with van der Waals surface area (Å²) < 4.78 is 11.9. The number of ether oxygens (including phenoxy) is 2. The van der Waals surface area contributed by atoms with Gasteiger partial charge in [0.1, 0.15) is 0 Å². The Labute approximate surface area is 126 Å². The molecule has 1 spiro atoms. The van der Waals surface area contributed by atoms with Crippen LogP contribution >= 0.6 is 0 Å². The molecule has 2 aliphatic rings. The van der Waals surface area contributed by atoms with Crippen molar-refractivity contribution < 1.29 is 9.47 Å². The molecule has 21 heavy (non-hydrogen) atoms. The van der Waals surface area contributed by atoms with Gasteiger partial charge in [0.25, 0.3) is 0 Å². The van der Waals surface area contributed by atoms with E-state index in [1.54, 1.807) is 0 Å². The fraction of sp³-hybridized carbons (Fsp3) is 0.750. The van der Waals surface area contributed by atoms with E-state index < -0.39 is 0 Å². The number of morpholine rings is 1. The van der Waals surface area contributed by atoms with Gasteiger partial charge in [-0.25, -0.2) is 9.97 Å². The molecule has 0 N–H and O–H groups in total. The van der Waals surface area contributed by atoms with Crippen molar-refractivity contribution in [2.75, 3.05) is 37.8 Å². The first-order chi connectivity index (χ1) is 10.2. The van der Waals surface area contributed by atoms with Crippen molar-refractivity contribution in [3.8, 4) is 0 Å². The molecular weight excluding hydrogens is 266 g/mol. The second-order valence-corrected chi connectivity index (χ2v) is 6.14. The Morgan fingerprint density at radius 1 is 1.43 bits per heavy atom. The molecule has 2 atom stereocenters. The van der Waals surface area contributed by atoms with Crippen LogP contribution in [0.3, 0.4) is 0 Å². The Morgan fingerprint density at radius 3 is 3.00 bits per heavy atom. The quantitative estimate of drug-likeness (QED) is 0.851. The summed E-state index contributed by atoms with van der Waals surface area (Å²) in [6.07, 6.45) is 7.31. The van der Waals surface area contributed by atoms with E-state index in [0.29, 0.717) is 5.92 Å². The lowest BCUT2D eigenvalue weighted by Gasteiger charge is -2.44. The molecule has 5 nitrogen and oxygen atoms in total. The maximum absolute atomic E-state index is 6.23. The first kappa shape index (κ1) is 14.7. The second kappa shape index (κ2) is 6.28.